The van der Waals surface area contributed by atoms with Gasteiger partial charge in [0.2, 0.25) is 0 Å². The van der Waals surface area contributed by atoms with Gasteiger partial charge in [-0.2, -0.15) is 0 Å². The van der Waals surface area contributed by atoms with Gasteiger partial charge in [-0.25, -0.2) is 0 Å². The van der Waals surface area contributed by atoms with Crippen LogP contribution in [-0.2, 0) is 14.3 Å². The summed E-state index contributed by atoms with van der Waals surface area (Å²) < 4.78 is 10.3. The van der Waals surface area contributed by atoms with E-state index in [9.17, 15) is 4.79 Å². The van der Waals surface area contributed by atoms with E-state index in [2.05, 4.69) is 4.90 Å². The standard InChI is InChI=1S/C13H25NO4/c1-13(12(15)16)4-7-14(8-5-13)6-3-9-18-11-10-17-2/h3-11H2,1-2H3,(H,15,16). The lowest BCUT2D eigenvalue weighted by Gasteiger charge is -2.36. The molecule has 1 saturated heterocycles. The third kappa shape index (κ3) is 4.92. The molecule has 18 heavy (non-hydrogen) atoms. The Hall–Kier alpha value is -0.650. The average molecular weight is 259 g/mol. The summed E-state index contributed by atoms with van der Waals surface area (Å²) in [5, 5.41) is 9.13. The lowest BCUT2D eigenvalue weighted by Crippen LogP contribution is -2.43. The number of likely N-dealkylation sites (tertiary alicyclic amines) is 1. The van der Waals surface area contributed by atoms with Crippen LogP contribution in [0.15, 0.2) is 0 Å². The van der Waals surface area contributed by atoms with Crippen LogP contribution in [-0.4, -0.2) is 62.5 Å². The summed E-state index contributed by atoms with van der Waals surface area (Å²) in [7, 11) is 1.66. The molecule has 1 fully saturated rings. The zero-order valence-electron chi connectivity index (χ0n) is 11.5. The molecule has 0 aromatic carbocycles. The molecule has 106 valence electrons. The number of carboxylic acids is 1. The van der Waals surface area contributed by atoms with E-state index in [-0.39, 0.29) is 0 Å². The second-order valence-corrected chi connectivity index (χ2v) is 5.17. The molecule has 1 N–H and O–H groups in total. The smallest absolute Gasteiger partial charge is 0.309 e. The summed E-state index contributed by atoms with van der Waals surface area (Å²) in [5.74, 6) is -0.662. The van der Waals surface area contributed by atoms with E-state index in [0.717, 1.165) is 45.5 Å². The maximum atomic E-state index is 11.1. The van der Waals surface area contributed by atoms with Crippen LogP contribution < -0.4 is 0 Å². The third-order valence-electron chi connectivity index (χ3n) is 3.67. The molecular formula is C13H25NO4. The average Bonchev–Trinajstić information content (AvgIpc) is 2.36. The minimum absolute atomic E-state index is 0.522. The molecule has 0 saturated carbocycles. The summed E-state index contributed by atoms with van der Waals surface area (Å²) in [4.78, 5) is 13.4. The first kappa shape index (κ1) is 15.4. The Morgan fingerprint density at radius 3 is 2.50 bits per heavy atom. The number of hydrogen-bond donors (Lipinski definition) is 1. The minimum atomic E-state index is -0.662. The minimum Gasteiger partial charge on any atom is -0.481 e. The van der Waals surface area contributed by atoms with Crippen molar-refractivity contribution in [2.75, 3.05) is 46.6 Å². The van der Waals surface area contributed by atoms with Gasteiger partial charge >= 0.3 is 5.97 Å². The van der Waals surface area contributed by atoms with Crippen molar-refractivity contribution in [3.63, 3.8) is 0 Å². The fourth-order valence-corrected chi connectivity index (χ4v) is 2.12. The number of ether oxygens (including phenoxy) is 2. The third-order valence-corrected chi connectivity index (χ3v) is 3.67. The van der Waals surface area contributed by atoms with E-state index in [0.29, 0.717) is 13.2 Å². The summed E-state index contributed by atoms with van der Waals surface area (Å²) in [6, 6.07) is 0. The van der Waals surface area contributed by atoms with Crippen molar-refractivity contribution < 1.29 is 19.4 Å². The number of carboxylic acid groups (broad SMARTS) is 1. The molecule has 0 radical (unpaired) electrons. The number of hydrogen-bond acceptors (Lipinski definition) is 4. The van der Waals surface area contributed by atoms with Gasteiger partial charge in [0.25, 0.3) is 0 Å². The topological polar surface area (TPSA) is 59.0 Å². The summed E-state index contributed by atoms with van der Waals surface area (Å²) in [6.45, 7) is 6.62. The summed E-state index contributed by atoms with van der Waals surface area (Å²) >= 11 is 0. The predicted molar refractivity (Wildman–Crippen MR) is 68.7 cm³/mol. The molecule has 0 bridgehead atoms. The molecular weight excluding hydrogens is 234 g/mol. The molecule has 5 nitrogen and oxygen atoms in total. The zero-order valence-corrected chi connectivity index (χ0v) is 11.5. The van der Waals surface area contributed by atoms with Gasteiger partial charge in [0.1, 0.15) is 0 Å². The van der Waals surface area contributed by atoms with Crippen molar-refractivity contribution in [3.05, 3.63) is 0 Å². The maximum absolute atomic E-state index is 11.1. The van der Waals surface area contributed by atoms with Crippen LogP contribution in [0.2, 0.25) is 0 Å². The van der Waals surface area contributed by atoms with Crippen molar-refractivity contribution >= 4 is 5.97 Å². The van der Waals surface area contributed by atoms with Crippen LogP contribution >= 0.6 is 0 Å². The molecule has 5 heteroatoms. The number of methoxy groups -OCH3 is 1. The van der Waals surface area contributed by atoms with Gasteiger partial charge in [-0.05, 0) is 39.3 Å². The molecule has 1 heterocycles. The lowest BCUT2D eigenvalue weighted by atomic mass is 9.80. The second kappa shape index (κ2) is 7.71. The molecule has 0 aromatic heterocycles. The van der Waals surface area contributed by atoms with E-state index in [1.54, 1.807) is 7.11 Å². The monoisotopic (exact) mass is 259 g/mol. The molecule has 0 aliphatic carbocycles. The van der Waals surface area contributed by atoms with Gasteiger partial charge in [-0.3, -0.25) is 4.79 Å². The molecule has 0 amide bonds. The van der Waals surface area contributed by atoms with Gasteiger partial charge in [-0.1, -0.05) is 0 Å². The molecule has 0 unspecified atom stereocenters. The highest BCUT2D eigenvalue weighted by Gasteiger charge is 2.36. The highest BCUT2D eigenvalue weighted by atomic mass is 16.5. The van der Waals surface area contributed by atoms with Crippen molar-refractivity contribution in [2.45, 2.75) is 26.2 Å². The summed E-state index contributed by atoms with van der Waals surface area (Å²) in [5.41, 5.74) is -0.522. The SMILES string of the molecule is COCCOCCCN1CCC(C)(C(=O)O)CC1. The van der Waals surface area contributed by atoms with Crippen LogP contribution in [0.4, 0.5) is 0 Å². The van der Waals surface area contributed by atoms with Crippen molar-refractivity contribution in [2.24, 2.45) is 5.41 Å². The first-order valence-electron chi connectivity index (χ1n) is 6.61. The first-order chi connectivity index (χ1) is 8.58. The molecule has 1 aliphatic rings. The van der Waals surface area contributed by atoms with Crippen LogP contribution in [0.5, 0.6) is 0 Å². The van der Waals surface area contributed by atoms with Crippen molar-refractivity contribution in [1.29, 1.82) is 0 Å². The number of piperidine rings is 1. The van der Waals surface area contributed by atoms with E-state index in [1.807, 2.05) is 6.92 Å². The molecule has 0 atom stereocenters. The normalized spacial score (nSPS) is 19.9. The summed E-state index contributed by atoms with van der Waals surface area (Å²) in [6.07, 6.45) is 2.48. The maximum Gasteiger partial charge on any atom is 0.309 e. The highest BCUT2D eigenvalue weighted by molar-refractivity contribution is 5.74. The quantitative estimate of drug-likeness (QED) is 0.664. The van der Waals surface area contributed by atoms with Crippen molar-refractivity contribution in [1.82, 2.24) is 4.90 Å². The fourth-order valence-electron chi connectivity index (χ4n) is 2.12. The van der Waals surface area contributed by atoms with E-state index in [4.69, 9.17) is 14.6 Å². The van der Waals surface area contributed by atoms with Gasteiger partial charge in [0, 0.05) is 20.3 Å². The van der Waals surface area contributed by atoms with E-state index in [1.165, 1.54) is 0 Å². The van der Waals surface area contributed by atoms with Gasteiger partial charge in [0.15, 0.2) is 0 Å². The number of rotatable bonds is 8. The van der Waals surface area contributed by atoms with Gasteiger partial charge in [-0.15, -0.1) is 0 Å². The Bertz CT molecular complexity index is 249. The highest BCUT2D eigenvalue weighted by Crippen LogP contribution is 2.30. The largest absolute Gasteiger partial charge is 0.481 e. The van der Waals surface area contributed by atoms with E-state index >= 15 is 0 Å². The van der Waals surface area contributed by atoms with Gasteiger partial charge < -0.3 is 19.5 Å². The Morgan fingerprint density at radius 1 is 1.28 bits per heavy atom. The van der Waals surface area contributed by atoms with Crippen LogP contribution in [0.3, 0.4) is 0 Å². The molecule has 1 aliphatic heterocycles. The Kier molecular flexibility index (Phi) is 6.60. The zero-order chi connectivity index (χ0) is 13.4. The lowest BCUT2D eigenvalue weighted by molar-refractivity contribution is -0.150. The number of aliphatic carboxylic acids is 1. The second-order valence-electron chi connectivity index (χ2n) is 5.17. The van der Waals surface area contributed by atoms with Crippen molar-refractivity contribution in [3.8, 4) is 0 Å². The fraction of sp³-hybridized carbons (Fsp3) is 0.923. The van der Waals surface area contributed by atoms with Crippen LogP contribution in [0.25, 0.3) is 0 Å². The molecule has 1 rings (SSSR count). The Morgan fingerprint density at radius 2 is 1.94 bits per heavy atom. The van der Waals surface area contributed by atoms with Crippen LogP contribution in [0, 0.1) is 5.41 Å². The first-order valence-corrected chi connectivity index (χ1v) is 6.61. The molecule has 0 spiro atoms. The predicted octanol–water partition coefficient (Wildman–Crippen LogP) is 1.23. The Labute approximate surface area is 109 Å². The van der Waals surface area contributed by atoms with Crippen LogP contribution in [0.1, 0.15) is 26.2 Å². The number of carbonyl (C=O) groups is 1. The molecule has 0 aromatic rings. The van der Waals surface area contributed by atoms with E-state index < -0.39 is 11.4 Å². The Balaban J connectivity index is 2.07. The number of nitrogens with zero attached hydrogens (tertiary/aromatic N) is 1. The van der Waals surface area contributed by atoms with Gasteiger partial charge in [0.05, 0.1) is 18.6 Å².